The normalized spacial score (nSPS) is 14.5. The van der Waals surface area contributed by atoms with E-state index >= 15 is 0 Å². The summed E-state index contributed by atoms with van der Waals surface area (Å²) in [6.45, 7) is 4.22. The van der Waals surface area contributed by atoms with Crippen LogP contribution in [0.5, 0.6) is 0 Å². The van der Waals surface area contributed by atoms with Crippen LogP contribution in [0.3, 0.4) is 0 Å². The van der Waals surface area contributed by atoms with Crippen LogP contribution in [0.4, 0.5) is 34.1 Å². The maximum Gasteiger partial charge on any atom is 0.110 e. The van der Waals surface area contributed by atoms with Crippen molar-refractivity contribution < 1.29 is 0 Å². The van der Waals surface area contributed by atoms with E-state index < -0.39 is 0 Å². The van der Waals surface area contributed by atoms with Crippen LogP contribution in [-0.4, -0.2) is 5.66 Å². The largest absolute Gasteiger partial charge is 0.363 e. The summed E-state index contributed by atoms with van der Waals surface area (Å²) in [5, 5.41) is 29.6. The molecule has 1 aliphatic rings. The second-order valence-corrected chi connectivity index (χ2v) is 9.12. The Morgan fingerprint density at radius 2 is 1.17 bits per heavy atom. The first-order valence-corrected chi connectivity index (χ1v) is 11.6. The van der Waals surface area contributed by atoms with Crippen LogP contribution in [0, 0.1) is 0 Å². The first-order chi connectivity index (χ1) is 17.1. The van der Waals surface area contributed by atoms with Crippen molar-refractivity contribution in [1.82, 2.24) is 0 Å². The molecular weight excluding hydrogens is 432 g/mol. The van der Waals surface area contributed by atoms with Crippen molar-refractivity contribution in [2.75, 3.05) is 10.6 Å². The molecule has 6 heteroatoms. The Kier molecular flexibility index (Phi) is 4.99. The molecule has 0 bridgehead atoms. The van der Waals surface area contributed by atoms with Crippen molar-refractivity contribution in [2.45, 2.75) is 19.5 Å². The van der Waals surface area contributed by atoms with E-state index in [1.807, 2.05) is 72.8 Å². The van der Waals surface area contributed by atoms with Gasteiger partial charge in [0.2, 0.25) is 0 Å². The van der Waals surface area contributed by atoms with E-state index in [-0.39, 0.29) is 5.66 Å². The Morgan fingerprint density at radius 1 is 0.543 bits per heavy atom. The Hall–Kier alpha value is -4.58. The fourth-order valence-electron chi connectivity index (χ4n) is 4.52. The third-order valence-corrected chi connectivity index (χ3v) is 6.08. The zero-order valence-corrected chi connectivity index (χ0v) is 19.5. The van der Waals surface area contributed by atoms with Gasteiger partial charge in [0.15, 0.2) is 0 Å². The maximum atomic E-state index is 4.69. The fourth-order valence-corrected chi connectivity index (χ4v) is 4.52. The summed E-state index contributed by atoms with van der Waals surface area (Å²) in [5.41, 5.74) is 4.98. The highest BCUT2D eigenvalue weighted by Crippen LogP contribution is 2.44. The fraction of sp³-hybridized carbons (Fsp3) is 0.103. The molecule has 0 fully saturated rings. The van der Waals surface area contributed by atoms with E-state index in [9.17, 15) is 0 Å². The monoisotopic (exact) mass is 456 g/mol. The molecule has 35 heavy (non-hydrogen) atoms. The van der Waals surface area contributed by atoms with E-state index in [0.29, 0.717) is 0 Å². The van der Waals surface area contributed by atoms with Crippen LogP contribution in [-0.2, 0) is 0 Å². The lowest BCUT2D eigenvalue weighted by atomic mass is 10.00. The highest BCUT2D eigenvalue weighted by Gasteiger charge is 2.26. The summed E-state index contributed by atoms with van der Waals surface area (Å²) in [7, 11) is 0. The van der Waals surface area contributed by atoms with Crippen molar-refractivity contribution in [2.24, 2.45) is 20.5 Å². The molecule has 170 valence electrons. The molecule has 0 spiro atoms. The molecule has 5 aromatic rings. The lowest BCUT2D eigenvalue weighted by Crippen LogP contribution is -2.41. The maximum absolute atomic E-state index is 4.69. The predicted octanol–water partition coefficient (Wildman–Crippen LogP) is 9.40. The third kappa shape index (κ3) is 3.99. The molecule has 2 N–H and O–H groups in total. The van der Waals surface area contributed by atoms with Crippen molar-refractivity contribution in [1.29, 1.82) is 0 Å². The number of hydrogen-bond donors (Lipinski definition) is 2. The number of benzene rings is 5. The standard InChI is InChI=1S/C29H24N6/c1-29(2)30-25-14-8-9-19-15-16-26(28(31-29)27(19)25)35-34-24-18-17-23(21-12-6-7-13-22(21)24)33-32-20-10-4-3-5-11-20/h3-18,30-31H,1-2H3/b33-32-,35-34-. The molecule has 1 heterocycles. The van der Waals surface area contributed by atoms with Crippen LogP contribution in [0.15, 0.2) is 118 Å². The van der Waals surface area contributed by atoms with E-state index in [4.69, 9.17) is 5.11 Å². The van der Waals surface area contributed by atoms with Crippen LogP contribution < -0.4 is 10.6 Å². The van der Waals surface area contributed by atoms with Gasteiger partial charge >= 0.3 is 0 Å². The van der Waals surface area contributed by atoms with Crippen LogP contribution in [0.1, 0.15) is 13.8 Å². The molecule has 0 amide bonds. The Morgan fingerprint density at radius 3 is 1.91 bits per heavy atom. The summed E-state index contributed by atoms with van der Waals surface area (Å²) in [6, 6.07) is 32.1. The van der Waals surface area contributed by atoms with Crippen LogP contribution >= 0.6 is 0 Å². The number of fused-ring (bicyclic) bond motifs is 1. The van der Waals surface area contributed by atoms with Crippen LogP contribution in [0.2, 0.25) is 0 Å². The third-order valence-electron chi connectivity index (χ3n) is 6.08. The number of azo groups is 2. The average Bonchev–Trinajstić information content (AvgIpc) is 2.87. The molecule has 0 saturated heterocycles. The average molecular weight is 457 g/mol. The Balaban J connectivity index is 1.41. The van der Waals surface area contributed by atoms with E-state index in [1.54, 1.807) is 0 Å². The summed E-state index contributed by atoms with van der Waals surface area (Å²) < 4.78 is 0. The smallest absolute Gasteiger partial charge is 0.110 e. The van der Waals surface area contributed by atoms with Gasteiger partial charge in [0, 0.05) is 21.8 Å². The van der Waals surface area contributed by atoms with Gasteiger partial charge in [0.25, 0.3) is 0 Å². The highest BCUT2D eigenvalue weighted by molar-refractivity contribution is 6.09. The zero-order valence-electron chi connectivity index (χ0n) is 19.5. The topological polar surface area (TPSA) is 73.5 Å². The summed E-state index contributed by atoms with van der Waals surface area (Å²) in [6.07, 6.45) is 0. The lowest BCUT2D eigenvalue weighted by Gasteiger charge is -2.36. The van der Waals surface area contributed by atoms with E-state index in [0.717, 1.165) is 55.7 Å². The Bertz CT molecular complexity index is 1620. The van der Waals surface area contributed by atoms with Gasteiger partial charge in [-0.25, -0.2) is 0 Å². The van der Waals surface area contributed by atoms with Crippen molar-refractivity contribution >= 4 is 55.7 Å². The summed E-state index contributed by atoms with van der Waals surface area (Å²) >= 11 is 0. The molecule has 0 aliphatic carbocycles. The molecule has 0 radical (unpaired) electrons. The molecular formula is C29H24N6. The first-order valence-electron chi connectivity index (χ1n) is 11.6. The van der Waals surface area contributed by atoms with Crippen molar-refractivity contribution in [3.8, 4) is 0 Å². The van der Waals surface area contributed by atoms with Gasteiger partial charge in [-0.1, -0.05) is 60.7 Å². The quantitative estimate of drug-likeness (QED) is 0.264. The second kappa shape index (κ2) is 8.33. The lowest BCUT2D eigenvalue weighted by molar-refractivity contribution is 0.649. The molecule has 6 nitrogen and oxygen atoms in total. The van der Waals surface area contributed by atoms with Gasteiger partial charge in [0.1, 0.15) is 11.4 Å². The van der Waals surface area contributed by atoms with E-state index in [2.05, 4.69) is 64.1 Å². The van der Waals surface area contributed by atoms with Gasteiger partial charge in [-0.2, -0.15) is 5.11 Å². The minimum Gasteiger partial charge on any atom is -0.363 e. The number of rotatable bonds is 4. The van der Waals surface area contributed by atoms with Gasteiger partial charge in [0.05, 0.1) is 22.7 Å². The molecule has 0 saturated carbocycles. The molecule has 0 unspecified atom stereocenters. The highest BCUT2D eigenvalue weighted by atomic mass is 15.2. The first kappa shape index (κ1) is 21.0. The number of nitrogens with one attached hydrogen (secondary N) is 2. The molecule has 1 aliphatic heterocycles. The van der Waals surface area contributed by atoms with Crippen LogP contribution in [0.25, 0.3) is 21.5 Å². The molecule has 6 rings (SSSR count). The molecule has 5 aromatic carbocycles. The molecule has 0 atom stereocenters. The van der Waals surface area contributed by atoms with Gasteiger partial charge < -0.3 is 10.6 Å². The van der Waals surface area contributed by atoms with Crippen molar-refractivity contribution in [3.05, 3.63) is 97.1 Å². The van der Waals surface area contributed by atoms with Gasteiger partial charge in [-0.15, -0.1) is 15.3 Å². The minimum absolute atomic E-state index is 0.301. The summed E-state index contributed by atoms with van der Waals surface area (Å²) in [5.74, 6) is 0. The van der Waals surface area contributed by atoms with Gasteiger partial charge in [-0.05, 0) is 55.6 Å². The number of nitrogens with zero attached hydrogens (tertiary/aromatic N) is 4. The Labute approximate surface area is 203 Å². The predicted molar refractivity (Wildman–Crippen MR) is 144 cm³/mol. The van der Waals surface area contributed by atoms with Crippen molar-refractivity contribution in [3.63, 3.8) is 0 Å². The SMILES string of the molecule is CC1(C)Nc2cccc3ccc(/N=N\c4ccc(/N=N\c5ccccc5)c5ccccc45)c(c23)N1. The minimum atomic E-state index is -0.301. The number of anilines is 2. The summed E-state index contributed by atoms with van der Waals surface area (Å²) in [4.78, 5) is 0. The van der Waals surface area contributed by atoms with E-state index in [1.165, 1.54) is 0 Å². The molecule has 0 aromatic heterocycles. The second-order valence-electron chi connectivity index (χ2n) is 9.12. The zero-order chi connectivity index (χ0) is 23.8. The number of hydrogen-bond acceptors (Lipinski definition) is 6. The van der Waals surface area contributed by atoms with Gasteiger partial charge in [-0.3, -0.25) is 0 Å².